The van der Waals surface area contributed by atoms with Crippen molar-refractivity contribution in [3.63, 3.8) is 0 Å². The molecule has 0 aromatic heterocycles. The van der Waals surface area contributed by atoms with Gasteiger partial charge in [-0.1, -0.05) is 200 Å². The van der Waals surface area contributed by atoms with Crippen LogP contribution >= 0.6 is 0 Å². The molecule has 0 atom stereocenters. The van der Waals surface area contributed by atoms with Gasteiger partial charge in [0.2, 0.25) is 0 Å². The molecular formula is C38H74O2. The number of unbranched alkanes of at least 4 members (excludes halogenated alkanes) is 27. The number of ether oxygens (including phenoxy) is 1. The molecule has 0 aliphatic rings. The number of esters is 1. The minimum Gasteiger partial charge on any atom is -0.463 e. The summed E-state index contributed by atoms with van der Waals surface area (Å²) in [6.45, 7) is 7.53. The molecule has 0 aliphatic heterocycles. The van der Waals surface area contributed by atoms with Gasteiger partial charge in [-0.25, -0.2) is 4.79 Å². The Morgan fingerprint density at radius 2 is 0.850 bits per heavy atom. The van der Waals surface area contributed by atoms with E-state index in [1.165, 1.54) is 180 Å². The Morgan fingerprint density at radius 1 is 0.500 bits per heavy atom. The third kappa shape index (κ3) is 35.2. The Morgan fingerprint density at radius 3 is 1.25 bits per heavy atom. The fourth-order valence-electron chi connectivity index (χ4n) is 5.63. The van der Waals surface area contributed by atoms with Gasteiger partial charge < -0.3 is 4.74 Å². The molecule has 0 aromatic rings. The Hall–Kier alpha value is -0.790. The highest BCUT2D eigenvalue weighted by molar-refractivity contribution is 5.81. The van der Waals surface area contributed by atoms with Crippen molar-refractivity contribution < 1.29 is 9.53 Å². The highest BCUT2D eigenvalue weighted by Gasteiger charge is 1.99. The van der Waals surface area contributed by atoms with Crippen molar-refractivity contribution in [3.05, 3.63) is 12.2 Å². The molecule has 0 aromatic carbocycles. The van der Waals surface area contributed by atoms with Gasteiger partial charge in [0.1, 0.15) is 0 Å². The smallest absolute Gasteiger partial charge is 0.330 e. The normalized spacial score (nSPS) is 11.7. The summed E-state index contributed by atoms with van der Waals surface area (Å²) in [6.07, 6.45) is 44.5. The lowest BCUT2D eigenvalue weighted by Gasteiger charge is -2.05. The fraction of sp³-hybridized carbons (Fsp3) is 0.921. The second-order valence-corrected chi connectivity index (χ2v) is 13.1. The maximum atomic E-state index is 11.9. The molecule has 0 N–H and O–H groups in total. The molecule has 2 nitrogen and oxygen atoms in total. The molecule has 0 fully saturated rings. The Bertz CT molecular complexity index is 510. The van der Waals surface area contributed by atoms with Gasteiger partial charge in [0.25, 0.3) is 0 Å². The van der Waals surface area contributed by atoms with E-state index in [0.29, 0.717) is 6.61 Å². The van der Waals surface area contributed by atoms with Crippen LogP contribution in [0.2, 0.25) is 0 Å². The first-order valence-electron chi connectivity index (χ1n) is 18.5. The van der Waals surface area contributed by atoms with E-state index in [-0.39, 0.29) is 5.97 Å². The predicted octanol–water partition coefficient (Wildman–Crippen LogP) is 13.5. The first kappa shape index (κ1) is 39.2. The van der Waals surface area contributed by atoms with Crippen LogP contribution in [0, 0.1) is 5.92 Å². The quantitative estimate of drug-likeness (QED) is 0.0451. The van der Waals surface area contributed by atoms with Crippen LogP contribution in [0.4, 0.5) is 0 Å². The zero-order valence-electron chi connectivity index (χ0n) is 28.0. The number of allylic oxidation sites excluding steroid dienone is 1. The van der Waals surface area contributed by atoms with Crippen molar-refractivity contribution >= 4 is 5.97 Å². The average molecular weight is 563 g/mol. The van der Waals surface area contributed by atoms with Crippen molar-refractivity contribution in [2.75, 3.05) is 6.61 Å². The molecule has 0 amide bonds. The Balaban J connectivity index is 3.22. The largest absolute Gasteiger partial charge is 0.463 e. The molecule has 0 saturated heterocycles. The second kappa shape index (κ2) is 34.4. The third-order valence-electron chi connectivity index (χ3n) is 8.40. The van der Waals surface area contributed by atoms with Crippen LogP contribution in [-0.2, 0) is 9.53 Å². The molecule has 0 heterocycles. The van der Waals surface area contributed by atoms with Crippen LogP contribution < -0.4 is 0 Å². The van der Waals surface area contributed by atoms with Crippen LogP contribution in [0.3, 0.4) is 0 Å². The van der Waals surface area contributed by atoms with Crippen molar-refractivity contribution in [3.8, 4) is 0 Å². The average Bonchev–Trinajstić information content (AvgIpc) is 2.94. The van der Waals surface area contributed by atoms with Crippen LogP contribution in [0.5, 0.6) is 0 Å². The number of rotatable bonds is 33. The summed E-state index contributed by atoms with van der Waals surface area (Å²) in [6, 6.07) is 0. The first-order valence-corrected chi connectivity index (χ1v) is 18.5. The minimum absolute atomic E-state index is 0.152. The van der Waals surface area contributed by atoms with Crippen molar-refractivity contribution in [1.29, 1.82) is 0 Å². The van der Waals surface area contributed by atoms with Gasteiger partial charge in [0, 0.05) is 6.08 Å². The molecule has 0 spiro atoms. The molecule has 2 heteroatoms. The van der Waals surface area contributed by atoms with E-state index in [9.17, 15) is 4.79 Å². The van der Waals surface area contributed by atoms with E-state index in [1.54, 1.807) is 6.08 Å². The summed E-state index contributed by atoms with van der Waals surface area (Å²) < 4.78 is 5.36. The summed E-state index contributed by atoms with van der Waals surface area (Å²) in [5.41, 5.74) is 0. The van der Waals surface area contributed by atoms with Crippen LogP contribution in [-0.4, -0.2) is 12.6 Å². The predicted molar refractivity (Wildman–Crippen MR) is 179 cm³/mol. The van der Waals surface area contributed by atoms with Gasteiger partial charge in [0.15, 0.2) is 0 Å². The first-order chi connectivity index (χ1) is 19.7. The molecule has 40 heavy (non-hydrogen) atoms. The topological polar surface area (TPSA) is 26.3 Å². The van der Waals surface area contributed by atoms with E-state index in [1.807, 2.05) is 6.08 Å². The third-order valence-corrected chi connectivity index (χ3v) is 8.40. The fourth-order valence-corrected chi connectivity index (χ4v) is 5.63. The lowest BCUT2D eigenvalue weighted by Crippen LogP contribution is -2.02. The summed E-state index contributed by atoms with van der Waals surface area (Å²) in [5.74, 6) is 0.719. The maximum absolute atomic E-state index is 11.9. The van der Waals surface area contributed by atoms with Crippen LogP contribution in [0.15, 0.2) is 12.2 Å². The lowest BCUT2D eigenvalue weighted by atomic mass is 10.0. The van der Waals surface area contributed by atoms with Gasteiger partial charge >= 0.3 is 5.97 Å². The van der Waals surface area contributed by atoms with Gasteiger partial charge in [-0.2, -0.15) is 0 Å². The van der Waals surface area contributed by atoms with Crippen molar-refractivity contribution in [2.45, 2.75) is 213 Å². The van der Waals surface area contributed by atoms with Gasteiger partial charge in [0.05, 0.1) is 6.61 Å². The van der Waals surface area contributed by atoms with E-state index in [0.717, 1.165) is 18.8 Å². The molecule has 238 valence electrons. The zero-order chi connectivity index (χ0) is 29.2. The van der Waals surface area contributed by atoms with E-state index >= 15 is 0 Å². The summed E-state index contributed by atoms with van der Waals surface area (Å²) in [7, 11) is 0. The van der Waals surface area contributed by atoms with Gasteiger partial charge in [-0.05, 0) is 25.2 Å². The molecule has 0 saturated carbocycles. The summed E-state index contributed by atoms with van der Waals surface area (Å²) in [5, 5.41) is 0. The van der Waals surface area contributed by atoms with Crippen molar-refractivity contribution in [1.82, 2.24) is 0 Å². The lowest BCUT2D eigenvalue weighted by molar-refractivity contribution is -0.137. The number of carbonyl (C=O) groups is 1. The Labute approximate surface area is 253 Å². The molecule has 0 aliphatic carbocycles. The highest BCUT2D eigenvalue weighted by atomic mass is 16.5. The highest BCUT2D eigenvalue weighted by Crippen LogP contribution is 2.15. The second-order valence-electron chi connectivity index (χ2n) is 13.1. The van der Waals surface area contributed by atoms with Gasteiger partial charge in [-0.15, -0.1) is 0 Å². The van der Waals surface area contributed by atoms with Crippen LogP contribution in [0.25, 0.3) is 0 Å². The van der Waals surface area contributed by atoms with Crippen molar-refractivity contribution in [2.24, 2.45) is 5.92 Å². The van der Waals surface area contributed by atoms with E-state index < -0.39 is 0 Å². The number of hydrogen-bond donors (Lipinski definition) is 0. The summed E-state index contributed by atoms with van der Waals surface area (Å²) in [4.78, 5) is 11.9. The van der Waals surface area contributed by atoms with E-state index in [4.69, 9.17) is 4.74 Å². The minimum atomic E-state index is -0.152. The monoisotopic (exact) mass is 563 g/mol. The molecule has 0 bridgehead atoms. The molecule has 0 rings (SSSR count). The van der Waals surface area contributed by atoms with E-state index in [2.05, 4.69) is 20.8 Å². The molecular weight excluding hydrogens is 488 g/mol. The molecule has 0 unspecified atom stereocenters. The number of carbonyl (C=O) groups excluding carboxylic acids is 1. The SMILES string of the molecule is CCCCCCCCCCCCCCCCCC=CC(=O)OCCCCCCCCCCCCCCCC(C)C. The Kier molecular flexibility index (Phi) is 33.7. The summed E-state index contributed by atoms with van der Waals surface area (Å²) >= 11 is 0. The number of hydrogen-bond acceptors (Lipinski definition) is 2. The van der Waals surface area contributed by atoms with Crippen LogP contribution in [0.1, 0.15) is 213 Å². The van der Waals surface area contributed by atoms with Gasteiger partial charge in [-0.3, -0.25) is 0 Å². The maximum Gasteiger partial charge on any atom is 0.330 e. The standard InChI is InChI=1S/C38H74O2/c1-4-5-6-7-8-9-10-11-12-13-14-17-20-23-26-29-32-35-38(39)40-36-33-30-27-24-21-18-15-16-19-22-25-28-31-34-37(2)3/h32,35,37H,4-31,33-34,36H2,1-3H3. The zero-order valence-corrected chi connectivity index (χ0v) is 28.0. The molecule has 0 radical (unpaired) electrons.